The smallest absolute Gasteiger partial charge is 0.325 e. The summed E-state index contributed by atoms with van der Waals surface area (Å²) in [5, 5.41) is 3.26. The molecule has 4 rings (SSSR count). The Bertz CT molecular complexity index is 1190. The summed E-state index contributed by atoms with van der Waals surface area (Å²) in [6, 6.07) is 10.5. The van der Waals surface area contributed by atoms with E-state index in [1.807, 2.05) is 12.1 Å². The van der Waals surface area contributed by atoms with Crippen LogP contribution in [-0.4, -0.2) is 69.9 Å². The van der Waals surface area contributed by atoms with Crippen LogP contribution in [0.25, 0.3) is 0 Å². The van der Waals surface area contributed by atoms with Crippen molar-refractivity contribution in [1.29, 1.82) is 0 Å². The Morgan fingerprint density at radius 2 is 1.91 bits per heavy atom. The van der Waals surface area contributed by atoms with Crippen molar-refractivity contribution < 1.29 is 27.5 Å². The van der Waals surface area contributed by atoms with Crippen molar-refractivity contribution in [2.45, 2.75) is 30.7 Å². The molecule has 9 nitrogen and oxygen atoms in total. The Hall–Kier alpha value is -3.11. The number of carbonyl (C=O) groups excluding carboxylic acids is 2. The van der Waals surface area contributed by atoms with E-state index in [1.54, 1.807) is 12.1 Å². The maximum Gasteiger partial charge on any atom is 0.325 e. The highest BCUT2D eigenvalue weighted by Gasteiger charge is 2.29. The van der Waals surface area contributed by atoms with Gasteiger partial charge in [0.05, 0.1) is 18.6 Å². The van der Waals surface area contributed by atoms with Gasteiger partial charge >= 0.3 is 5.97 Å². The van der Waals surface area contributed by atoms with Gasteiger partial charge in [-0.25, -0.2) is 8.42 Å². The van der Waals surface area contributed by atoms with E-state index in [9.17, 15) is 18.0 Å². The van der Waals surface area contributed by atoms with E-state index in [4.69, 9.17) is 4.74 Å². The summed E-state index contributed by atoms with van der Waals surface area (Å²) in [7, 11) is -1.03. The van der Waals surface area contributed by atoms with Gasteiger partial charge in [-0.05, 0) is 48.2 Å². The number of methoxy groups -OCH3 is 1. The number of ether oxygens (including phenoxy) is 2. The van der Waals surface area contributed by atoms with Crippen molar-refractivity contribution in [3.8, 4) is 5.75 Å². The number of likely N-dealkylation sites (N-methyl/N-ethyl adjacent to an activating group) is 1. The minimum absolute atomic E-state index is 0.0524. The number of amides is 1. The number of sulfonamides is 1. The zero-order valence-electron chi connectivity index (χ0n) is 19.4. The summed E-state index contributed by atoms with van der Waals surface area (Å²) in [6.07, 6.45) is 2.48. The molecule has 2 aromatic rings. The van der Waals surface area contributed by atoms with Crippen molar-refractivity contribution in [3.63, 3.8) is 0 Å². The summed E-state index contributed by atoms with van der Waals surface area (Å²) >= 11 is 0. The van der Waals surface area contributed by atoms with Crippen LogP contribution in [0.4, 0.5) is 5.69 Å². The molecule has 0 spiro atoms. The van der Waals surface area contributed by atoms with Gasteiger partial charge in [-0.2, -0.15) is 4.31 Å². The van der Waals surface area contributed by atoms with Gasteiger partial charge in [0, 0.05) is 44.4 Å². The van der Waals surface area contributed by atoms with E-state index in [-0.39, 0.29) is 17.0 Å². The molecule has 2 aliphatic heterocycles. The highest BCUT2D eigenvalue weighted by molar-refractivity contribution is 7.89. The zero-order chi connectivity index (χ0) is 24.3. The molecule has 2 aromatic carbocycles. The van der Waals surface area contributed by atoms with Crippen molar-refractivity contribution in [2.75, 3.05) is 45.7 Å². The van der Waals surface area contributed by atoms with Crippen LogP contribution in [0.5, 0.6) is 5.75 Å². The molecule has 1 fully saturated rings. The molecule has 0 aromatic heterocycles. The van der Waals surface area contributed by atoms with Gasteiger partial charge in [0.2, 0.25) is 10.0 Å². The minimum Gasteiger partial charge on any atom is -0.493 e. The summed E-state index contributed by atoms with van der Waals surface area (Å²) < 4.78 is 38.1. The second-order valence-electron chi connectivity index (χ2n) is 8.49. The monoisotopic (exact) mass is 487 g/mol. The second-order valence-corrected chi connectivity index (χ2v) is 10.4. The average molecular weight is 488 g/mol. The number of nitrogens with one attached hydrogen (secondary N) is 1. The summed E-state index contributed by atoms with van der Waals surface area (Å²) in [6.45, 7) is 1.81. The Morgan fingerprint density at radius 3 is 2.65 bits per heavy atom. The van der Waals surface area contributed by atoms with Crippen LogP contribution < -0.4 is 10.1 Å². The minimum atomic E-state index is -3.75. The third kappa shape index (κ3) is 5.18. The maximum atomic E-state index is 13.2. The van der Waals surface area contributed by atoms with Crippen molar-refractivity contribution in [1.82, 2.24) is 9.21 Å². The Balaban J connectivity index is 1.62. The Labute approximate surface area is 199 Å². The predicted octanol–water partition coefficient (Wildman–Crippen LogP) is 2.26. The average Bonchev–Trinajstić information content (AvgIpc) is 3.54. The van der Waals surface area contributed by atoms with E-state index in [1.165, 1.54) is 29.4 Å². The molecule has 0 unspecified atom stereocenters. The van der Waals surface area contributed by atoms with Crippen LogP contribution in [0.2, 0.25) is 0 Å². The topological polar surface area (TPSA) is 105 Å². The first kappa shape index (κ1) is 24.0. The van der Waals surface area contributed by atoms with E-state index in [2.05, 4.69) is 16.1 Å². The van der Waals surface area contributed by atoms with Crippen LogP contribution in [0.15, 0.2) is 41.3 Å². The quantitative estimate of drug-likeness (QED) is 0.570. The standard InChI is InChI=1S/C24H29N3O6S/c1-26(16-23(28)32-2)24(29)19-12-20(14-21(13-19)34(30,31)27-8-3-4-9-27)25-15-17-5-6-22-18(11-17)7-10-33-22/h5-6,11-14,25H,3-4,7-10,15-16H2,1-2H3. The molecule has 182 valence electrons. The lowest BCUT2D eigenvalue weighted by Gasteiger charge is -2.20. The molecule has 1 N–H and O–H groups in total. The lowest BCUT2D eigenvalue weighted by atomic mass is 10.1. The van der Waals surface area contributed by atoms with Crippen LogP contribution in [0.3, 0.4) is 0 Å². The summed E-state index contributed by atoms with van der Waals surface area (Å²) in [5.41, 5.74) is 2.85. The molecule has 0 bridgehead atoms. The molecule has 1 amide bonds. The Morgan fingerprint density at radius 1 is 1.15 bits per heavy atom. The number of hydrogen-bond acceptors (Lipinski definition) is 7. The molecule has 0 aliphatic carbocycles. The van der Waals surface area contributed by atoms with Crippen molar-refractivity contribution in [3.05, 3.63) is 53.1 Å². The number of fused-ring (bicyclic) bond motifs is 1. The third-order valence-corrected chi connectivity index (χ3v) is 7.92. The normalized spacial score (nSPS) is 15.5. The number of esters is 1. The number of nitrogens with zero attached hydrogens (tertiary/aromatic N) is 2. The molecular weight excluding hydrogens is 458 g/mol. The van der Waals surface area contributed by atoms with Gasteiger partial charge in [-0.15, -0.1) is 0 Å². The number of carbonyl (C=O) groups is 2. The summed E-state index contributed by atoms with van der Waals surface area (Å²) in [4.78, 5) is 25.9. The van der Waals surface area contributed by atoms with Gasteiger partial charge in [0.1, 0.15) is 12.3 Å². The molecule has 34 heavy (non-hydrogen) atoms. The second kappa shape index (κ2) is 10.0. The van der Waals surface area contributed by atoms with Gasteiger partial charge in [0.15, 0.2) is 0 Å². The fraction of sp³-hybridized carbons (Fsp3) is 0.417. The third-order valence-electron chi connectivity index (χ3n) is 6.05. The van der Waals surface area contributed by atoms with E-state index in [0.29, 0.717) is 31.9 Å². The first-order chi connectivity index (χ1) is 16.3. The predicted molar refractivity (Wildman–Crippen MR) is 126 cm³/mol. The number of benzene rings is 2. The van der Waals surface area contributed by atoms with Crippen molar-refractivity contribution in [2.24, 2.45) is 0 Å². The number of hydrogen-bond donors (Lipinski definition) is 1. The number of rotatable bonds is 8. The van der Waals surface area contributed by atoms with E-state index >= 15 is 0 Å². The lowest BCUT2D eigenvalue weighted by Crippen LogP contribution is -2.33. The maximum absolute atomic E-state index is 13.2. The first-order valence-corrected chi connectivity index (χ1v) is 12.7. The van der Waals surface area contributed by atoms with Crippen LogP contribution in [-0.2, 0) is 32.5 Å². The lowest BCUT2D eigenvalue weighted by molar-refractivity contribution is -0.141. The molecular formula is C24H29N3O6S. The SMILES string of the molecule is COC(=O)CN(C)C(=O)c1cc(NCc2ccc3c(c2)CCO3)cc(S(=O)(=O)N2CCCC2)c1. The molecule has 0 atom stereocenters. The van der Waals surface area contributed by atoms with Gasteiger partial charge < -0.3 is 19.7 Å². The zero-order valence-corrected chi connectivity index (χ0v) is 20.2. The molecule has 2 aliphatic rings. The fourth-order valence-electron chi connectivity index (χ4n) is 4.16. The summed E-state index contributed by atoms with van der Waals surface area (Å²) in [5.74, 6) is -0.138. The van der Waals surface area contributed by atoms with Crippen molar-refractivity contribution >= 4 is 27.6 Å². The van der Waals surface area contributed by atoms with Gasteiger partial charge in [-0.3, -0.25) is 9.59 Å². The molecule has 2 heterocycles. The Kier molecular flexibility index (Phi) is 7.08. The van der Waals surface area contributed by atoms with Gasteiger partial charge in [-0.1, -0.05) is 12.1 Å². The molecule has 1 saturated heterocycles. The van der Waals surface area contributed by atoms with Crippen LogP contribution in [0, 0.1) is 0 Å². The van der Waals surface area contributed by atoms with Crippen LogP contribution in [0.1, 0.15) is 34.3 Å². The van der Waals surface area contributed by atoms with Gasteiger partial charge in [0.25, 0.3) is 5.91 Å². The molecule has 10 heteroatoms. The van der Waals surface area contributed by atoms with Crippen LogP contribution >= 0.6 is 0 Å². The number of anilines is 1. The molecule has 0 radical (unpaired) electrons. The van der Waals surface area contributed by atoms with E-state index < -0.39 is 21.9 Å². The highest BCUT2D eigenvalue weighted by atomic mass is 32.2. The largest absolute Gasteiger partial charge is 0.493 e. The fourth-order valence-corrected chi connectivity index (χ4v) is 5.74. The highest BCUT2D eigenvalue weighted by Crippen LogP contribution is 2.28. The van der Waals surface area contributed by atoms with E-state index in [0.717, 1.165) is 36.1 Å². The first-order valence-electron chi connectivity index (χ1n) is 11.2. The molecule has 0 saturated carbocycles.